The van der Waals surface area contributed by atoms with Crippen LogP contribution in [-0.4, -0.2) is 39.4 Å². The van der Waals surface area contributed by atoms with Crippen molar-refractivity contribution in [2.75, 3.05) is 17.3 Å². The number of nitrogens with one attached hydrogen (secondary N) is 2. The van der Waals surface area contributed by atoms with E-state index in [1.165, 1.54) is 0 Å². The largest absolute Gasteiger partial charge is 0.350 e. The van der Waals surface area contributed by atoms with Crippen molar-refractivity contribution in [2.24, 2.45) is 17.8 Å². The first kappa shape index (κ1) is 32.2. The van der Waals surface area contributed by atoms with E-state index >= 15 is 0 Å². The summed E-state index contributed by atoms with van der Waals surface area (Å²) in [6.07, 6.45) is 6.41. The minimum absolute atomic E-state index is 0.0732. The first-order valence-corrected chi connectivity index (χ1v) is 15.3. The highest BCUT2D eigenvalue weighted by atomic mass is 32.2. The van der Waals surface area contributed by atoms with Crippen LogP contribution >= 0.6 is 0 Å². The molecule has 3 rings (SSSR count). The number of benzene rings is 2. The standard InChI is InChI=1S/C29H37F2N3O6S/c1-20(2)18-24(28(35)32-34(41(3,37)38)26-16-15-22(30)19-25(26)31)23(13-9-12-21-10-5-4-6-11-21)29(36)33-40-27-14-7-8-17-39-27/h4-6,9-12,15-16,19-20,23-24,27H,7-8,13-14,17-18H2,1-3H3,(H,32,35)(H,33,36)/t23-,24+,27?/m0/s1. The molecule has 2 aromatic rings. The Balaban J connectivity index is 1.90. The molecule has 1 heterocycles. The van der Waals surface area contributed by atoms with Crippen LogP contribution in [-0.2, 0) is 29.2 Å². The molecule has 3 atom stereocenters. The molecule has 0 bridgehead atoms. The van der Waals surface area contributed by atoms with Crippen LogP contribution in [0.3, 0.4) is 0 Å². The minimum atomic E-state index is -4.25. The molecular formula is C29H37F2N3O6S. The molecule has 9 nitrogen and oxygen atoms in total. The second kappa shape index (κ2) is 15.0. The lowest BCUT2D eigenvalue weighted by molar-refractivity contribution is -0.203. The Labute approximate surface area is 239 Å². The molecule has 1 fully saturated rings. The van der Waals surface area contributed by atoms with Gasteiger partial charge in [0.05, 0.1) is 18.1 Å². The summed E-state index contributed by atoms with van der Waals surface area (Å²) < 4.78 is 59.1. The number of halogens is 2. The molecule has 0 radical (unpaired) electrons. The molecule has 2 aromatic carbocycles. The van der Waals surface area contributed by atoms with Crippen LogP contribution in [0.25, 0.3) is 6.08 Å². The average molecular weight is 594 g/mol. The number of rotatable bonds is 13. The van der Waals surface area contributed by atoms with E-state index in [1.54, 1.807) is 6.08 Å². The number of carbonyl (C=O) groups is 2. The quantitative estimate of drug-likeness (QED) is 0.325. The number of amides is 2. The lowest BCUT2D eigenvalue weighted by atomic mass is 9.82. The molecule has 2 N–H and O–H groups in total. The normalized spacial score (nSPS) is 17.3. The van der Waals surface area contributed by atoms with Gasteiger partial charge in [0.15, 0.2) is 12.1 Å². The van der Waals surface area contributed by atoms with Gasteiger partial charge in [-0.15, -0.1) is 0 Å². The monoisotopic (exact) mass is 593 g/mol. The highest BCUT2D eigenvalue weighted by Crippen LogP contribution is 2.28. The van der Waals surface area contributed by atoms with E-state index in [0.717, 1.165) is 36.8 Å². The summed E-state index contributed by atoms with van der Waals surface area (Å²) in [7, 11) is -4.25. The first-order valence-electron chi connectivity index (χ1n) is 13.5. The van der Waals surface area contributed by atoms with Crippen LogP contribution in [0.2, 0.25) is 0 Å². The molecule has 0 saturated carbocycles. The van der Waals surface area contributed by atoms with Gasteiger partial charge in [-0.3, -0.25) is 15.0 Å². The van der Waals surface area contributed by atoms with Crippen LogP contribution in [0.5, 0.6) is 0 Å². The lowest BCUT2D eigenvalue weighted by Gasteiger charge is -2.30. The zero-order valence-corrected chi connectivity index (χ0v) is 24.2. The summed E-state index contributed by atoms with van der Waals surface area (Å²) >= 11 is 0. The molecule has 0 aliphatic carbocycles. The number of nitrogens with zero attached hydrogens (tertiary/aromatic N) is 1. The maximum atomic E-state index is 14.6. The van der Waals surface area contributed by atoms with Gasteiger partial charge in [-0.2, -0.15) is 4.41 Å². The third kappa shape index (κ3) is 9.91. The van der Waals surface area contributed by atoms with Crippen molar-refractivity contribution in [3.63, 3.8) is 0 Å². The second-order valence-electron chi connectivity index (χ2n) is 10.4. The molecule has 41 heavy (non-hydrogen) atoms. The predicted molar refractivity (Wildman–Crippen MR) is 151 cm³/mol. The Bertz CT molecular complexity index is 1300. The molecule has 2 amide bonds. The Morgan fingerprint density at radius 1 is 1.10 bits per heavy atom. The molecular weight excluding hydrogens is 556 g/mol. The van der Waals surface area contributed by atoms with Crippen LogP contribution < -0.4 is 15.3 Å². The van der Waals surface area contributed by atoms with Crippen LogP contribution in [0.4, 0.5) is 14.5 Å². The van der Waals surface area contributed by atoms with Crippen molar-refractivity contribution < 1.29 is 36.4 Å². The van der Waals surface area contributed by atoms with Crippen molar-refractivity contribution in [1.29, 1.82) is 0 Å². The summed E-state index contributed by atoms with van der Waals surface area (Å²) in [5.41, 5.74) is 5.02. The van der Waals surface area contributed by atoms with Crippen LogP contribution in [0.15, 0.2) is 54.6 Å². The summed E-state index contributed by atoms with van der Waals surface area (Å²) in [4.78, 5) is 32.6. The number of anilines is 1. The molecule has 0 spiro atoms. The minimum Gasteiger partial charge on any atom is -0.350 e. The Morgan fingerprint density at radius 2 is 1.83 bits per heavy atom. The Hall–Kier alpha value is -3.35. The van der Waals surface area contributed by atoms with Gasteiger partial charge in [0.2, 0.25) is 21.8 Å². The summed E-state index contributed by atoms with van der Waals surface area (Å²) in [5.74, 6) is -5.60. The average Bonchev–Trinajstić information content (AvgIpc) is 2.92. The Morgan fingerprint density at radius 3 is 2.44 bits per heavy atom. The fourth-order valence-electron chi connectivity index (χ4n) is 4.49. The van der Waals surface area contributed by atoms with E-state index < -0.39 is 57.3 Å². The third-order valence-corrected chi connectivity index (χ3v) is 7.44. The zero-order valence-electron chi connectivity index (χ0n) is 23.4. The summed E-state index contributed by atoms with van der Waals surface area (Å²) in [6, 6.07) is 11.7. The van der Waals surface area contributed by atoms with Crippen molar-refractivity contribution in [1.82, 2.24) is 10.9 Å². The fraction of sp³-hybridized carbons (Fsp3) is 0.448. The summed E-state index contributed by atoms with van der Waals surface area (Å²) in [6.45, 7) is 4.22. The van der Waals surface area contributed by atoms with Crippen LogP contribution in [0.1, 0.15) is 51.5 Å². The topological polar surface area (TPSA) is 114 Å². The highest BCUT2D eigenvalue weighted by molar-refractivity contribution is 7.92. The molecule has 1 aliphatic heterocycles. The molecule has 0 aromatic heterocycles. The predicted octanol–water partition coefficient (Wildman–Crippen LogP) is 4.72. The number of carbonyl (C=O) groups excluding carboxylic acids is 2. The number of allylic oxidation sites excluding steroid dienone is 1. The number of hydrogen-bond donors (Lipinski definition) is 2. The van der Waals surface area contributed by atoms with Gasteiger partial charge in [0.1, 0.15) is 11.5 Å². The number of sulfonamides is 1. The highest BCUT2D eigenvalue weighted by Gasteiger charge is 2.36. The number of ether oxygens (including phenoxy) is 1. The van der Waals surface area contributed by atoms with Crippen molar-refractivity contribution in [3.05, 3.63) is 71.8 Å². The van der Waals surface area contributed by atoms with Gasteiger partial charge >= 0.3 is 0 Å². The number of hydrazine groups is 1. The SMILES string of the molecule is CC(C)C[C@@H](C(=O)NN(c1ccc(F)cc1F)S(C)(=O)=O)[C@H](CC=Cc1ccccc1)C(=O)NOC1CCCCO1. The van der Waals surface area contributed by atoms with Crippen molar-refractivity contribution in [2.45, 2.75) is 52.2 Å². The van der Waals surface area contributed by atoms with E-state index in [-0.39, 0.29) is 18.8 Å². The van der Waals surface area contributed by atoms with E-state index in [2.05, 4.69) is 10.9 Å². The van der Waals surface area contributed by atoms with Gasteiger partial charge in [-0.1, -0.05) is 56.3 Å². The van der Waals surface area contributed by atoms with Crippen molar-refractivity contribution in [3.8, 4) is 0 Å². The third-order valence-electron chi connectivity index (χ3n) is 6.49. The maximum Gasteiger partial charge on any atom is 0.249 e. The van der Waals surface area contributed by atoms with E-state index in [0.29, 0.717) is 23.5 Å². The molecule has 1 unspecified atom stereocenters. The second-order valence-corrected chi connectivity index (χ2v) is 12.2. The van der Waals surface area contributed by atoms with E-state index in [1.807, 2.05) is 50.3 Å². The zero-order chi connectivity index (χ0) is 30.0. The van der Waals surface area contributed by atoms with Crippen LogP contribution in [0, 0.1) is 29.4 Å². The molecule has 1 aliphatic rings. The molecule has 224 valence electrons. The van der Waals surface area contributed by atoms with E-state index in [4.69, 9.17) is 9.57 Å². The number of hydroxylamine groups is 1. The van der Waals surface area contributed by atoms with Gasteiger partial charge in [-0.25, -0.2) is 27.5 Å². The van der Waals surface area contributed by atoms with Gasteiger partial charge < -0.3 is 4.74 Å². The molecule has 1 saturated heterocycles. The first-order chi connectivity index (χ1) is 19.5. The Kier molecular flexibility index (Phi) is 11.8. The van der Waals surface area contributed by atoms with Gasteiger partial charge in [0, 0.05) is 19.1 Å². The van der Waals surface area contributed by atoms with Gasteiger partial charge in [-0.05, 0) is 49.3 Å². The molecule has 12 heteroatoms. The number of hydrogen-bond acceptors (Lipinski definition) is 6. The van der Waals surface area contributed by atoms with E-state index in [9.17, 15) is 26.8 Å². The fourth-order valence-corrected chi connectivity index (χ4v) is 5.25. The smallest absolute Gasteiger partial charge is 0.249 e. The van der Waals surface area contributed by atoms with Crippen molar-refractivity contribution >= 4 is 33.6 Å². The maximum absolute atomic E-state index is 14.6. The van der Waals surface area contributed by atoms with Gasteiger partial charge in [0.25, 0.3) is 0 Å². The lowest BCUT2D eigenvalue weighted by Crippen LogP contribution is -2.51. The summed E-state index contributed by atoms with van der Waals surface area (Å²) in [5, 5.41) is 0.